The van der Waals surface area contributed by atoms with E-state index in [1.807, 2.05) is 13.8 Å². The van der Waals surface area contributed by atoms with E-state index in [9.17, 15) is 20.2 Å². The highest BCUT2D eigenvalue weighted by Gasteiger charge is 2.23. The first kappa shape index (κ1) is 27.8. The normalized spacial score (nSPS) is 10.2. The van der Waals surface area contributed by atoms with Crippen LogP contribution in [0.4, 0.5) is 11.4 Å². The number of hydrogen-bond donors (Lipinski definition) is 0. The van der Waals surface area contributed by atoms with Gasteiger partial charge in [-0.15, -0.1) is 0 Å². The van der Waals surface area contributed by atoms with Gasteiger partial charge in [-0.05, 0) is 12.8 Å². The predicted octanol–water partition coefficient (Wildman–Crippen LogP) is 5.74. The van der Waals surface area contributed by atoms with E-state index in [4.69, 9.17) is 55.9 Å². The average molecular weight is 532 g/mol. The molecule has 0 aromatic carbocycles. The zero-order valence-corrected chi connectivity index (χ0v) is 19.9. The molecule has 0 aliphatic heterocycles. The standard InChI is InChI=1S/2C8H9Cl2N3O3/c2*1-2-3-4-16-8-11-6(9)5(13(14)15)7(10)12-8/h2*2-4H2,1H3. The van der Waals surface area contributed by atoms with E-state index < -0.39 is 21.2 Å². The summed E-state index contributed by atoms with van der Waals surface area (Å²) in [6.07, 6.45) is 3.56. The van der Waals surface area contributed by atoms with Gasteiger partial charge in [-0.1, -0.05) is 73.1 Å². The molecule has 0 spiro atoms. The summed E-state index contributed by atoms with van der Waals surface area (Å²) < 4.78 is 10.3. The summed E-state index contributed by atoms with van der Waals surface area (Å²) in [6.45, 7) is 4.84. The second-order valence-corrected chi connectivity index (χ2v) is 7.22. The largest absolute Gasteiger partial charge is 0.463 e. The molecular formula is C16H18Cl4N6O6. The van der Waals surface area contributed by atoms with Crippen molar-refractivity contribution in [2.24, 2.45) is 0 Å². The van der Waals surface area contributed by atoms with Crippen LogP contribution in [0.1, 0.15) is 39.5 Å². The van der Waals surface area contributed by atoms with Crippen LogP contribution in [0.2, 0.25) is 20.6 Å². The number of nitrogens with zero attached hydrogens (tertiary/aromatic N) is 6. The maximum absolute atomic E-state index is 10.5. The minimum absolute atomic E-state index is 0.0472. The SMILES string of the molecule is CCCCOc1nc(Cl)c([N+](=O)[O-])c(Cl)n1.CCCCOc1nc(Cl)c([N+](=O)[O-])c(Cl)n1. The van der Waals surface area contributed by atoms with E-state index in [-0.39, 0.29) is 32.6 Å². The first-order valence-corrected chi connectivity index (χ1v) is 10.6. The molecule has 0 unspecified atom stereocenters. The molecule has 0 radical (unpaired) electrons. The lowest BCUT2D eigenvalue weighted by Crippen LogP contribution is -2.03. The summed E-state index contributed by atoms with van der Waals surface area (Å²) in [5.74, 6) is 0. The molecule has 32 heavy (non-hydrogen) atoms. The van der Waals surface area contributed by atoms with E-state index in [0.717, 1.165) is 25.7 Å². The Hall–Kier alpha value is -2.28. The second kappa shape index (κ2) is 14.0. The number of aromatic nitrogens is 4. The lowest BCUT2D eigenvalue weighted by atomic mass is 10.4. The molecule has 0 amide bonds. The van der Waals surface area contributed by atoms with Gasteiger partial charge in [-0.2, -0.15) is 19.9 Å². The van der Waals surface area contributed by atoms with Crippen molar-refractivity contribution in [3.05, 3.63) is 40.8 Å². The third-order valence-electron chi connectivity index (χ3n) is 3.38. The average Bonchev–Trinajstić information content (AvgIpc) is 2.67. The molecule has 16 heteroatoms. The monoisotopic (exact) mass is 530 g/mol. The minimum atomic E-state index is -0.736. The fraction of sp³-hybridized carbons (Fsp3) is 0.500. The number of hydrogen-bond acceptors (Lipinski definition) is 10. The minimum Gasteiger partial charge on any atom is -0.463 e. The van der Waals surface area contributed by atoms with Crippen LogP contribution in [0.25, 0.3) is 0 Å². The summed E-state index contributed by atoms with van der Waals surface area (Å²) in [5.41, 5.74) is -1.02. The fourth-order valence-electron chi connectivity index (χ4n) is 1.81. The molecule has 2 rings (SSSR count). The van der Waals surface area contributed by atoms with E-state index in [2.05, 4.69) is 19.9 Å². The Labute approximate surface area is 202 Å². The van der Waals surface area contributed by atoms with Gasteiger partial charge in [0.05, 0.1) is 23.1 Å². The maximum Gasteiger partial charge on any atom is 0.343 e. The van der Waals surface area contributed by atoms with E-state index >= 15 is 0 Å². The van der Waals surface area contributed by atoms with E-state index in [1.165, 1.54) is 0 Å². The molecule has 2 heterocycles. The van der Waals surface area contributed by atoms with Gasteiger partial charge >= 0.3 is 23.4 Å². The molecule has 0 aliphatic carbocycles. The van der Waals surface area contributed by atoms with Gasteiger partial charge in [-0.25, -0.2) is 0 Å². The van der Waals surface area contributed by atoms with Gasteiger partial charge in [0.1, 0.15) is 0 Å². The third-order valence-corrected chi connectivity index (χ3v) is 4.43. The first-order chi connectivity index (χ1) is 15.1. The lowest BCUT2D eigenvalue weighted by Gasteiger charge is -2.04. The quantitative estimate of drug-likeness (QED) is 0.160. The third kappa shape index (κ3) is 8.69. The Morgan fingerprint density at radius 1 is 0.688 bits per heavy atom. The summed E-state index contributed by atoms with van der Waals surface area (Å²) in [5, 5.41) is 19.8. The summed E-state index contributed by atoms with van der Waals surface area (Å²) >= 11 is 22.3. The van der Waals surface area contributed by atoms with Crippen LogP contribution < -0.4 is 9.47 Å². The number of ether oxygens (including phenoxy) is 2. The van der Waals surface area contributed by atoms with Gasteiger partial charge in [0.25, 0.3) is 0 Å². The number of nitro groups is 2. The molecule has 0 saturated heterocycles. The number of rotatable bonds is 10. The van der Waals surface area contributed by atoms with Gasteiger partial charge in [-0.3, -0.25) is 20.2 Å². The molecule has 176 valence electrons. The lowest BCUT2D eigenvalue weighted by molar-refractivity contribution is -0.385. The highest BCUT2D eigenvalue weighted by atomic mass is 35.5. The molecule has 0 bridgehead atoms. The van der Waals surface area contributed by atoms with Gasteiger partial charge in [0.2, 0.25) is 20.6 Å². The van der Waals surface area contributed by atoms with Crippen LogP contribution >= 0.6 is 46.4 Å². The zero-order valence-electron chi connectivity index (χ0n) is 16.9. The molecular weight excluding hydrogens is 514 g/mol. The maximum atomic E-state index is 10.5. The zero-order chi connectivity index (χ0) is 24.3. The van der Waals surface area contributed by atoms with Crippen molar-refractivity contribution in [3.8, 4) is 12.0 Å². The Bertz CT molecular complexity index is 830. The Balaban J connectivity index is 0.000000320. The molecule has 0 atom stereocenters. The van der Waals surface area contributed by atoms with Crippen LogP contribution in [0.5, 0.6) is 12.0 Å². The molecule has 12 nitrogen and oxygen atoms in total. The molecule has 0 aliphatic rings. The highest BCUT2D eigenvalue weighted by Crippen LogP contribution is 2.31. The van der Waals surface area contributed by atoms with Crippen LogP contribution in [0.15, 0.2) is 0 Å². The van der Waals surface area contributed by atoms with E-state index in [1.54, 1.807) is 0 Å². The number of unbranched alkanes of at least 4 members (excludes halogenated alkanes) is 2. The van der Waals surface area contributed by atoms with Crippen LogP contribution in [-0.4, -0.2) is 43.0 Å². The van der Waals surface area contributed by atoms with Gasteiger partial charge in [0.15, 0.2) is 0 Å². The van der Waals surface area contributed by atoms with Gasteiger partial charge in [0, 0.05) is 0 Å². The molecule has 0 saturated carbocycles. The summed E-state index contributed by atoms with van der Waals surface area (Å²) in [6, 6.07) is -0.0944. The first-order valence-electron chi connectivity index (χ1n) is 9.12. The van der Waals surface area contributed by atoms with Crippen molar-refractivity contribution in [1.29, 1.82) is 0 Å². The second-order valence-electron chi connectivity index (χ2n) is 5.79. The van der Waals surface area contributed by atoms with Crippen molar-refractivity contribution in [3.63, 3.8) is 0 Å². The summed E-state index contributed by atoms with van der Waals surface area (Å²) in [4.78, 5) is 34.1. The van der Waals surface area contributed by atoms with Crippen molar-refractivity contribution in [2.75, 3.05) is 13.2 Å². The van der Waals surface area contributed by atoms with Crippen molar-refractivity contribution >= 4 is 57.8 Å². The van der Waals surface area contributed by atoms with E-state index in [0.29, 0.717) is 13.2 Å². The van der Waals surface area contributed by atoms with Crippen molar-refractivity contribution in [2.45, 2.75) is 39.5 Å². The molecule has 0 N–H and O–H groups in total. The highest BCUT2D eigenvalue weighted by molar-refractivity contribution is 6.37. The van der Waals surface area contributed by atoms with Crippen molar-refractivity contribution in [1.82, 2.24) is 19.9 Å². The summed E-state index contributed by atoms with van der Waals surface area (Å²) in [7, 11) is 0. The predicted molar refractivity (Wildman–Crippen MR) is 118 cm³/mol. The van der Waals surface area contributed by atoms with Crippen LogP contribution in [0, 0.1) is 20.2 Å². The van der Waals surface area contributed by atoms with Crippen LogP contribution in [-0.2, 0) is 0 Å². The number of halogens is 4. The Morgan fingerprint density at radius 3 is 1.19 bits per heavy atom. The molecule has 2 aromatic rings. The Kier molecular flexibility index (Phi) is 12.1. The van der Waals surface area contributed by atoms with Gasteiger partial charge < -0.3 is 9.47 Å². The Morgan fingerprint density at radius 2 is 0.969 bits per heavy atom. The van der Waals surface area contributed by atoms with Crippen molar-refractivity contribution < 1.29 is 19.3 Å². The molecule has 2 aromatic heterocycles. The van der Waals surface area contributed by atoms with Crippen LogP contribution in [0.3, 0.4) is 0 Å². The smallest absolute Gasteiger partial charge is 0.343 e. The topological polar surface area (TPSA) is 156 Å². The molecule has 0 fully saturated rings. The fourth-order valence-corrected chi connectivity index (χ4v) is 2.83.